The van der Waals surface area contributed by atoms with Crippen LogP contribution in [0.25, 0.3) is 6.08 Å². The summed E-state index contributed by atoms with van der Waals surface area (Å²) in [5.41, 5.74) is 2.17. The summed E-state index contributed by atoms with van der Waals surface area (Å²) in [7, 11) is 1.65. The highest BCUT2D eigenvalue weighted by Gasteiger charge is 2.39. The van der Waals surface area contributed by atoms with Gasteiger partial charge in [-0.25, -0.2) is 9.38 Å². The predicted octanol–water partition coefficient (Wildman–Crippen LogP) is 6.62. The average Bonchev–Trinajstić information content (AvgIpc) is 3.17. The van der Waals surface area contributed by atoms with Crippen molar-refractivity contribution in [2.75, 3.05) is 25.1 Å². The molecule has 2 aromatic carbocycles. The number of para-hydroxylation sites is 1. The van der Waals surface area contributed by atoms with Crippen LogP contribution in [0, 0.1) is 5.82 Å². The first kappa shape index (κ1) is 24.3. The van der Waals surface area contributed by atoms with Gasteiger partial charge < -0.3 is 9.64 Å². The highest BCUT2D eigenvalue weighted by atomic mass is 32.2. The number of rotatable bonds is 7. The Morgan fingerprint density at radius 3 is 2.56 bits per heavy atom. The molecule has 0 bridgehead atoms. The molecule has 1 aliphatic heterocycles. The number of halogens is 1. The lowest BCUT2D eigenvalue weighted by Crippen LogP contribution is -2.40. The third-order valence-electron chi connectivity index (χ3n) is 6.48. The van der Waals surface area contributed by atoms with Crippen LogP contribution in [0.1, 0.15) is 51.5 Å². The van der Waals surface area contributed by atoms with Crippen molar-refractivity contribution in [3.63, 3.8) is 0 Å². The number of carbonyl (C=O) groups is 1. The highest BCUT2D eigenvalue weighted by molar-refractivity contribution is 8.18. The van der Waals surface area contributed by atoms with Crippen molar-refractivity contribution in [3.05, 3.63) is 58.8 Å². The molecule has 1 amide bonds. The van der Waals surface area contributed by atoms with Gasteiger partial charge in [-0.05, 0) is 68.8 Å². The summed E-state index contributed by atoms with van der Waals surface area (Å²) >= 11 is 1.31. The molecule has 2 aliphatic rings. The molecule has 0 aromatic heterocycles. The van der Waals surface area contributed by atoms with Gasteiger partial charge in [-0.15, -0.1) is 0 Å². The van der Waals surface area contributed by atoms with E-state index in [1.54, 1.807) is 30.2 Å². The summed E-state index contributed by atoms with van der Waals surface area (Å²) in [4.78, 5) is 22.8. The first-order valence-electron chi connectivity index (χ1n) is 12.0. The quantitative estimate of drug-likeness (QED) is 0.417. The SMILES string of the molecule is CCN(CC)c1ccc(/C=C2/SC(=Nc3ccccc3F)N(C3CCCCC3)C2=O)c(OC)c1. The Balaban J connectivity index is 1.71. The van der Waals surface area contributed by atoms with Crippen LogP contribution in [0.5, 0.6) is 5.75 Å². The lowest BCUT2D eigenvalue weighted by atomic mass is 9.94. The third-order valence-corrected chi connectivity index (χ3v) is 7.46. The fourth-order valence-electron chi connectivity index (χ4n) is 4.62. The molecular weight excluding hydrogens is 449 g/mol. The van der Waals surface area contributed by atoms with Gasteiger partial charge in [-0.3, -0.25) is 9.69 Å². The van der Waals surface area contributed by atoms with Gasteiger partial charge in [0.25, 0.3) is 5.91 Å². The molecule has 34 heavy (non-hydrogen) atoms. The minimum atomic E-state index is -0.391. The van der Waals surface area contributed by atoms with E-state index in [-0.39, 0.29) is 17.6 Å². The first-order chi connectivity index (χ1) is 16.5. The number of benzene rings is 2. The molecule has 1 saturated carbocycles. The van der Waals surface area contributed by atoms with Gasteiger partial charge in [0.15, 0.2) is 5.17 Å². The summed E-state index contributed by atoms with van der Waals surface area (Å²) in [5.74, 6) is 0.258. The summed E-state index contributed by atoms with van der Waals surface area (Å²) in [6.07, 6.45) is 7.12. The molecular formula is C27H32FN3O2S. The summed E-state index contributed by atoms with van der Waals surface area (Å²) in [6.45, 7) is 6.05. The average molecular weight is 482 g/mol. The van der Waals surface area contributed by atoms with E-state index in [1.165, 1.54) is 24.2 Å². The Bertz CT molecular complexity index is 1090. The fraction of sp³-hybridized carbons (Fsp3) is 0.407. The van der Waals surface area contributed by atoms with Crippen LogP contribution in [0.2, 0.25) is 0 Å². The Hall–Kier alpha value is -2.80. The number of hydrogen-bond acceptors (Lipinski definition) is 5. The lowest BCUT2D eigenvalue weighted by Gasteiger charge is -2.30. The van der Waals surface area contributed by atoms with E-state index in [4.69, 9.17) is 4.74 Å². The number of hydrogen-bond donors (Lipinski definition) is 0. The number of carbonyl (C=O) groups excluding carboxylic acids is 1. The van der Waals surface area contributed by atoms with Crippen LogP contribution in [0.4, 0.5) is 15.8 Å². The van der Waals surface area contributed by atoms with Gasteiger partial charge in [0.1, 0.15) is 17.3 Å². The zero-order valence-corrected chi connectivity index (χ0v) is 20.9. The molecule has 4 rings (SSSR count). The van der Waals surface area contributed by atoms with Gasteiger partial charge in [-0.2, -0.15) is 0 Å². The second kappa shape index (κ2) is 11.1. The molecule has 1 aliphatic carbocycles. The van der Waals surface area contributed by atoms with Gasteiger partial charge in [0, 0.05) is 36.4 Å². The Morgan fingerprint density at radius 2 is 1.88 bits per heavy atom. The normalized spacial score (nSPS) is 19.3. The maximum atomic E-state index is 14.4. The monoisotopic (exact) mass is 481 g/mol. The van der Waals surface area contributed by atoms with E-state index in [1.807, 2.05) is 18.2 Å². The van der Waals surface area contributed by atoms with Crippen LogP contribution in [-0.4, -0.2) is 42.2 Å². The minimum absolute atomic E-state index is 0.0677. The van der Waals surface area contributed by atoms with Gasteiger partial charge >= 0.3 is 0 Å². The Labute approximate surface area is 205 Å². The van der Waals surface area contributed by atoms with E-state index >= 15 is 0 Å². The number of amides is 1. The molecule has 7 heteroatoms. The number of anilines is 1. The largest absolute Gasteiger partial charge is 0.496 e. The van der Waals surface area contributed by atoms with Crippen LogP contribution in [0.3, 0.4) is 0 Å². The summed E-state index contributed by atoms with van der Waals surface area (Å²) < 4.78 is 20.0. The van der Waals surface area contributed by atoms with Crippen LogP contribution in [0.15, 0.2) is 52.4 Å². The molecule has 1 saturated heterocycles. The van der Waals surface area contributed by atoms with Gasteiger partial charge in [0.05, 0.1) is 12.0 Å². The van der Waals surface area contributed by atoms with E-state index in [0.717, 1.165) is 50.0 Å². The molecule has 2 aromatic rings. The lowest BCUT2D eigenvalue weighted by molar-refractivity contribution is -0.124. The first-order valence-corrected chi connectivity index (χ1v) is 12.9. The molecule has 0 radical (unpaired) electrons. The fourth-order valence-corrected chi connectivity index (χ4v) is 5.66. The van der Waals surface area contributed by atoms with Crippen molar-refractivity contribution in [2.45, 2.75) is 52.0 Å². The smallest absolute Gasteiger partial charge is 0.267 e. The predicted molar refractivity (Wildman–Crippen MR) is 139 cm³/mol. The van der Waals surface area contributed by atoms with E-state index < -0.39 is 5.82 Å². The Kier molecular flexibility index (Phi) is 7.93. The molecule has 0 unspecified atom stereocenters. The molecule has 2 fully saturated rings. The summed E-state index contributed by atoms with van der Waals surface area (Å²) in [5, 5.41) is 0.548. The molecule has 180 valence electrons. The van der Waals surface area contributed by atoms with Crippen LogP contribution in [-0.2, 0) is 4.79 Å². The number of ether oxygens (including phenoxy) is 1. The van der Waals surface area contributed by atoms with E-state index in [9.17, 15) is 9.18 Å². The number of aliphatic imine (C=N–C) groups is 1. The summed E-state index contributed by atoms with van der Waals surface area (Å²) in [6, 6.07) is 12.6. The molecule has 0 atom stereocenters. The van der Waals surface area contributed by atoms with Gasteiger partial charge in [0.2, 0.25) is 0 Å². The third kappa shape index (κ3) is 5.14. The molecule has 1 heterocycles. The van der Waals surface area contributed by atoms with Crippen molar-refractivity contribution in [1.82, 2.24) is 4.90 Å². The zero-order chi connectivity index (χ0) is 24.1. The highest BCUT2D eigenvalue weighted by Crippen LogP contribution is 2.40. The zero-order valence-electron chi connectivity index (χ0n) is 20.1. The number of methoxy groups -OCH3 is 1. The number of nitrogens with zero attached hydrogens (tertiary/aromatic N) is 3. The van der Waals surface area contributed by atoms with Crippen molar-refractivity contribution in [3.8, 4) is 5.75 Å². The molecule has 0 N–H and O–H groups in total. The van der Waals surface area contributed by atoms with Crippen LogP contribution >= 0.6 is 11.8 Å². The van der Waals surface area contributed by atoms with Gasteiger partial charge in [-0.1, -0.05) is 31.4 Å². The molecule has 0 spiro atoms. The topological polar surface area (TPSA) is 45.1 Å². The van der Waals surface area contributed by atoms with E-state index in [0.29, 0.717) is 15.8 Å². The van der Waals surface area contributed by atoms with E-state index in [2.05, 4.69) is 29.8 Å². The maximum absolute atomic E-state index is 14.4. The van der Waals surface area contributed by atoms with Crippen molar-refractivity contribution >= 4 is 40.3 Å². The Morgan fingerprint density at radius 1 is 1.15 bits per heavy atom. The van der Waals surface area contributed by atoms with Crippen molar-refractivity contribution in [2.24, 2.45) is 4.99 Å². The maximum Gasteiger partial charge on any atom is 0.267 e. The van der Waals surface area contributed by atoms with Crippen molar-refractivity contribution in [1.29, 1.82) is 0 Å². The second-order valence-corrected chi connectivity index (χ2v) is 9.53. The second-order valence-electron chi connectivity index (χ2n) is 8.52. The van der Waals surface area contributed by atoms with Crippen molar-refractivity contribution < 1.29 is 13.9 Å². The van der Waals surface area contributed by atoms with Crippen LogP contribution < -0.4 is 9.64 Å². The minimum Gasteiger partial charge on any atom is -0.496 e. The standard InChI is InChI=1S/C27H32FN3O2S/c1-4-30(5-2)21-16-15-19(24(18-21)33-3)17-25-26(32)31(20-11-7-6-8-12-20)27(34-25)29-23-14-10-9-13-22(23)28/h9-10,13-18,20H,4-8,11-12H2,1-3H3/b25-17+,29-27?. The number of thioether (sulfide) groups is 1. The molecule has 5 nitrogen and oxygen atoms in total. The number of amidine groups is 1.